The van der Waals surface area contributed by atoms with Gasteiger partial charge in [0, 0.05) is 32.3 Å². The minimum Gasteiger partial charge on any atom is -0.357 e. The van der Waals surface area contributed by atoms with Crippen LogP contribution < -0.4 is 10.6 Å². The number of nitrogens with one attached hydrogen (secondary N) is 2. The summed E-state index contributed by atoms with van der Waals surface area (Å²) < 4.78 is 28.9. The second-order valence-corrected chi connectivity index (χ2v) is 6.32. The molecule has 0 aliphatic rings. The quantitative estimate of drug-likeness (QED) is 0.355. The fourth-order valence-corrected chi connectivity index (χ4v) is 2.88. The molecule has 1 aromatic carbocycles. The first kappa shape index (κ1) is 19.7. The molecule has 0 bridgehead atoms. The van der Waals surface area contributed by atoms with Gasteiger partial charge in [0.15, 0.2) is 11.6 Å². The van der Waals surface area contributed by atoms with Crippen LogP contribution in [0.3, 0.4) is 0 Å². The van der Waals surface area contributed by atoms with Crippen LogP contribution in [0, 0.1) is 11.6 Å². The number of guanidine groups is 1. The van der Waals surface area contributed by atoms with Crippen molar-refractivity contribution in [2.45, 2.75) is 26.2 Å². The molecule has 2 N–H and O–H groups in total. The Hall–Kier alpha value is -3.03. The molecule has 3 rings (SSSR count). The highest BCUT2D eigenvalue weighted by Crippen LogP contribution is 2.09. The number of aryl methyl sites for hydroxylation is 1. The number of benzene rings is 1. The van der Waals surface area contributed by atoms with Crippen LogP contribution in [-0.4, -0.2) is 40.2 Å². The van der Waals surface area contributed by atoms with Crippen LogP contribution in [0.15, 0.2) is 47.6 Å². The van der Waals surface area contributed by atoms with Crippen LogP contribution in [0.5, 0.6) is 0 Å². The Morgan fingerprint density at radius 2 is 2.00 bits per heavy atom. The van der Waals surface area contributed by atoms with E-state index in [1.54, 1.807) is 0 Å². The van der Waals surface area contributed by atoms with Crippen molar-refractivity contribution in [2.24, 2.45) is 4.99 Å². The molecule has 3 aromatic rings. The normalized spacial score (nSPS) is 11.8. The lowest BCUT2D eigenvalue weighted by atomic mass is 10.1. The standard InChI is InChI=1S/C20H24F2N6/c1-2-23-20(25-12-10-15-14-16(21)8-9-17(15)22)24-11-5-7-19-27-26-18-6-3-4-13-28(18)19/h3-4,6,8-9,13-14H,2,5,7,10-12H2,1H3,(H2,23,24,25). The van der Waals surface area contributed by atoms with Gasteiger partial charge in [0.05, 0.1) is 0 Å². The number of hydrogen-bond acceptors (Lipinski definition) is 3. The van der Waals surface area contributed by atoms with E-state index in [4.69, 9.17) is 0 Å². The Morgan fingerprint density at radius 1 is 1.11 bits per heavy atom. The van der Waals surface area contributed by atoms with Crippen molar-refractivity contribution in [1.29, 1.82) is 0 Å². The number of rotatable bonds is 8. The second kappa shape index (κ2) is 9.77. The first-order chi connectivity index (χ1) is 13.7. The molecule has 0 amide bonds. The van der Waals surface area contributed by atoms with Gasteiger partial charge in [0.2, 0.25) is 0 Å². The van der Waals surface area contributed by atoms with Gasteiger partial charge in [-0.05, 0) is 55.7 Å². The van der Waals surface area contributed by atoms with E-state index in [0.29, 0.717) is 31.0 Å². The van der Waals surface area contributed by atoms with E-state index >= 15 is 0 Å². The predicted octanol–water partition coefficient (Wildman–Crippen LogP) is 2.74. The van der Waals surface area contributed by atoms with Crippen molar-refractivity contribution >= 4 is 11.6 Å². The largest absolute Gasteiger partial charge is 0.357 e. The third-order valence-corrected chi connectivity index (χ3v) is 4.25. The molecule has 0 spiro atoms. The fourth-order valence-electron chi connectivity index (χ4n) is 2.88. The summed E-state index contributed by atoms with van der Waals surface area (Å²) in [5.74, 6) is 0.736. The molecular weight excluding hydrogens is 362 g/mol. The van der Waals surface area contributed by atoms with E-state index in [2.05, 4.69) is 25.8 Å². The minimum absolute atomic E-state index is 0.349. The van der Waals surface area contributed by atoms with Crippen molar-refractivity contribution in [1.82, 2.24) is 25.2 Å². The molecule has 0 unspecified atom stereocenters. The molecule has 28 heavy (non-hydrogen) atoms. The summed E-state index contributed by atoms with van der Waals surface area (Å²) >= 11 is 0. The SMILES string of the molecule is CCNC(=NCCCc1nnc2ccccn12)NCCc1cc(F)ccc1F. The van der Waals surface area contributed by atoms with Crippen molar-refractivity contribution in [3.8, 4) is 0 Å². The van der Waals surface area contributed by atoms with Crippen LogP contribution in [0.1, 0.15) is 24.7 Å². The van der Waals surface area contributed by atoms with E-state index in [1.807, 2.05) is 35.7 Å². The van der Waals surface area contributed by atoms with Crippen LogP contribution >= 0.6 is 0 Å². The average Bonchev–Trinajstić information content (AvgIpc) is 3.11. The Kier molecular flexibility index (Phi) is 6.89. The highest BCUT2D eigenvalue weighted by atomic mass is 19.1. The Labute approximate surface area is 162 Å². The molecular formula is C20H24F2N6. The van der Waals surface area contributed by atoms with Crippen LogP contribution in [0.25, 0.3) is 5.65 Å². The maximum Gasteiger partial charge on any atom is 0.191 e. The van der Waals surface area contributed by atoms with E-state index in [1.165, 1.54) is 6.07 Å². The fraction of sp³-hybridized carbons (Fsp3) is 0.350. The predicted molar refractivity (Wildman–Crippen MR) is 105 cm³/mol. The van der Waals surface area contributed by atoms with Crippen LogP contribution in [-0.2, 0) is 12.8 Å². The van der Waals surface area contributed by atoms with Crippen molar-refractivity contribution in [3.05, 3.63) is 65.6 Å². The monoisotopic (exact) mass is 386 g/mol. The molecule has 8 heteroatoms. The van der Waals surface area contributed by atoms with Gasteiger partial charge in [-0.1, -0.05) is 6.07 Å². The molecule has 0 aliphatic heterocycles. The first-order valence-corrected chi connectivity index (χ1v) is 9.42. The third kappa shape index (κ3) is 5.25. The number of aromatic nitrogens is 3. The Morgan fingerprint density at radius 3 is 2.86 bits per heavy atom. The average molecular weight is 386 g/mol. The highest BCUT2D eigenvalue weighted by molar-refractivity contribution is 5.79. The molecule has 0 atom stereocenters. The topological polar surface area (TPSA) is 66.6 Å². The number of pyridine rings is 1. The lowest BCUT2D eigenvalue weighted by Crippen LogP contribution is -2.38. The highest BCUT2D eigenvalue weighted by Gasteiger charge is 2.06. The number of halogens is 2. The molecule has 2 heterocycles. The van der Waals surface area contributed by atoms with Gasteiger partial charge < -0.3 is 10.6 Å². The number of fused-ring (bicyclic) bond motifs is 1. The number of hydrogen-bond donors (Lipinski definition) is 2. The molecule has 0 fully saturated rings. The summed E-state index contributed by atoms with van der Waals surface area (Å²) in [7, 11) is 0. The minimum atomic E-state index is -0.432. The molecule has 148 valence electrons. The number of nitrogens with zero attached hydrogens (tertiary/aromatic N) is 4. The lowest BCUT2D eigenvalue weighted by Gasteiger charge is -2.11. The van der Waals surface area contributed by atoms with E-state index in [-0.39, 0.29) is 0 Å². The van der Waals surface area contributed by atoms with E-state index in [0.717, 1.165) is 43.0 Å². The molecule has 2 aromatic heterocycles. The summed E-state index contributed by atoms with van der Waals surface area (Å²) in [4.78, 5) is 4.53. The zero-order chi connectivity index (χ0) is 19.8. The van der Waals surface area contributed by atoms with Gasteiger partial charge in [0.1, 0.15) is 17.5 Å². The molecule has 0 aliphatic carbocycles. The lowest BCUT2D eigenvalue weighted by molar-refractivity contribution is 0.583. The Bertz CT molecular complexity index is 937. The molecule has 6 nitrogen and oxygen atoms in total. The van der Waals surface area contributed by atoms with Gasteiger partial charge in [0.25, 0.3) is 0 Å². The second-order valence-electron chi connectivity index (χ2n) is 6.32. The molecule has 0 saturated carbocycles. The third-order valence-electron chi connectivity index (χ3n) is 4.25. The van der Waals surface area contributed by atoms with E-state index < -0.39 is 11.6 Å². The number of aliphatic imine (C=N–C) groups is 1. The maximum atomic E-state index is 13.7. The van der Waals surface area contributed by atoms with Gasteiger partial charge in [-0.3, -0.25) is 9.39 Å². The Balaban J connectivity index is 1.49. The summed E-state index contributed by atoms with van der Waals surface area (Å²) in [6.07, 6.45) is 3.91. The summed E-state index contributed by atoms with van der Waals surface area (Å²) in [5.41, 5.74) is 1.18. The van der Waals surface area contributed by atoms with Crippen molar-refractivity contribution in [3.63, 3.8) is 0 Å². The maximum absolute atomic E-state index is 13.7. The smallest absolute Gasteiger partial charge is 0.191 e. The molecule has 0 saturated heterocycles. The van der Waals surface area contributed by atoms with Crippen molar-refractivity contribution < 1.29 is 8.78 Å². The summed E-state index contributed by atoms with van der Waals surface area (Å²) in [6, 6.07) is 9.30. The van der Waals surface area contributed by atoms with E-state index in [9.17, 15) is 8.78 Å². The van der Waals surface area contributed by atoms with Gasteiger partial charge in [-0.15, -0.1) is 10.2 Å². The van der Waals surface area contributed by atoms with Gasteiger partial charge in [-0.25, -0.2) is 8.78 Å². The zero-order valence-electron chi connectivity index (χ0n) is 15.8. The molecule has 0 radical (unpaired) electrons. The van der Waals surface area contributed by atoms with Gasteiger partial charge >= 0.3 is 0 Å². The van der Waals surface area contributed by atoms with Crippen LogP contribution in [0.2, 0.25) is 0 Å². The van der Waals surface area contributed by atoms with Crippen molar-refractivity contribution in [2.75, 3.05) is 19.6 Å². The first-order valence-electron chi connectivity index (χ1n) is 9.42. The summed E-state index contributed by atoms with van der Waals surface area (Å²) in [5, 5.41) is 14.7. The van der Waals surface area contributed by atoms with Gasteiger partial charge in [-0.2, -0.15) is 0 Å². The van der Waals surface area contributed by atoms with Crippen LogP contribution in [0.4, 0.5) is 8.78 Å². The summed E-state index contributed by atoms with van der Waals surface area (Å²) in [6.45, 7) is 3.77. The zero-order valence-corrected chi connectivity index (χ0v) is 15.8.